The average Bonchev–Trinajstić information content (AvgIpc) is 2.29. The molecule has 4 nitrogen and oxygen atoms in total. The van der Waals surface area contributed by atoms with Crippen LogP contribution >= 0.6 is 15.9 Å². The third kappa shape index (κ3) is 3.98. The summed E-state index contributed by atoms with van der Waals surface area (Å²) in [5.41, 5.74) is 5.70. The fourth-order valence-corrected chi connectivity index (χ4v) is 1.68. The number of nitrogens with zero attached hydrogens (tertiary/aromatic N) is 2. The number of pyridine rings is 1. The molecule has 2 N–H and O–H groups in total. The van der Waals surface area contributed by atoms with Gasteiger partial charge in [0.2, 0.25) is 0 Å². The molecule has 1 heterocycles. The van der Waals surface area contributed by atoms with Crippen LogP contribution in [0.3, 0.4) is 0 Å². The van der Waals surface area contributed by atoms with Gasteiger partial charge in [-0.2, -0.15) is 0 Å². The molecule has 0 aromatic carbocycles. The summed E-state index contributed by atoms with van der Waals surface area (Å²) in [4.78, 5) is 6.30. The van der Waals surface area contributed by atoms with Crippen LogP contribution in [-0.2, 0) is 0 Å². The first-order valence-corrected chi connectivity index (χ1v) is 6.22. The van der Waals surface area contributed by atoms with Crippen LogP contribution in [0.4, 0.5) is 5.82 Å². The lowest BCUT2D eigenvalue weighted by molar-refractivity contribution is 0.223. The first-order valence-electron chi connectivity index (χ1n) is 5.43. The van der Waals surface area contributed by atoms with Crippen molar-refractivity contribution in [3.05, 3.63) is 16.7 Å². The number of hydrogen-bond acceptors (Lipinski definition) is 4. The highest BCUT2D eigenvalue weighted by molar-refractivity contribution is 9.10. The van der Waals surface area contributed by atoms with Crippen molar-refractivity contribution >= 4 is 21.7 Å². The third-order valence-electron chi connectivity index (χ3n) is 2.41. The highest BCUT2D eigenvalue weighted by Gasteiger charge is 2.04. The molecule has 0 bridgehead atoms. The smallest absolute Gasteiger partial charge is 0.166 e. The van der Waals surface area contributed by atoms with Gasteiger partial charge in [-0.1, -0.05) is 13.8 Å². The summed E-state index contributed by atoms with van der Waals surface area (Å²) >= 11 is 3.34. The third-order valence-corrected chi connectivity index (χ3v) is 2.84. The second-order valence-electron chi connectivity index (χ2n) is 3.41. The minimum atomic E-state index is 0.433. The fraction of sp³-hybridized carbons (Fsp3) is 0.545. The number of rotatable bonds is 6. The fourth-order valence-electron chi connectivity index (χ4n) is 1.37. The van der Waals surface area contributed by atoms with Gasteiger partial charge in [-0.3, -0.25) is 0 Å². The number of nitrogen functional groups attached to an aromatic ring is 1. The predicted molar refractivity (Wildman–Crippen MR) is 69.6 cm³/mol. The van der Waals surface area contributed by atoms with E-state index in [2.05, 4.69) is 39.7 Å². The zero-order valence-corrected chi connectivity index (χ0v) is 11.3. The molecule has 0 aliphatic carbocycles. The van der Waals surface area contributed by atoms with Crippen LogP contribution in [0.25, 0.3) is 0 Å². The van der Waals surface area contributed by atoms with E-state index in [4.69, 9.17) is 10.5 Å². The van der Waals surface area contributed by atoms with Gasteiger partial charge in [-0.05, 0) is 35.1 Å². The molecule has 0 unspecified atom stereocenters. The van der Waals surface area contributed by atoms with Crippen molar-refractivity contribution in [3.63, 3.8) is 0 Å². The topological polar surface area (TPSA) is 51.4 Å². The minimum absolute atomic E-state index is 0.433. The van der Waals surface area contributed by atoms with Crippen LogP contribution in [0.5, 0.6) is 5.75 Å². The molecule has 0 spiro atoms. The summed E-state index contributed by atoms with van der Waals surface area (Å²) in [5, 5.41) is 0. The number of ether oxygens (including phenoxy) is 1. The van der Waals surface area contributed by atoms with E-state index in [1.807, 2.05) is 6.07 Å². The summed E-state index contributed by atoms with van der Waals surface area (Å²) in [6, 6.07) is 1.84. The molecule has 1 aromatic heterocycles. The molecule has 0 saturated carbocycles. The molecule has 0 saturated heterocycles. The lowest BCUT2D eigenvalue weighted by Gasteiger charge is -2.18. The van der Waals surface area contributed by atoms with Gasteiger partial charge in [0.25, 0.3) is 0 Å². The van der Waals surface area contributed by atoms with Crippen molar-refractivity contribution in [2.75, 3.05) is 32.0 Å². The van der Waals surface area contributed by atoms with Gasteiger partial charge in [-0.25, -0.2) is 4.98 Å². The van der Waals surface area contributed by atoms with Gasteiger partial charge < -0.3 is 15.4 Å². The van der Waals surface area contributed by atoms with Crippen molar-refractivity contribution in [2.45, 2.75) is 13.8 Å². The Morgan fingerprint density at radius 1 is 1.44 bits per heavy atom. The van der Waals surface area contributed by atoms with Gasteiger partial charge in [0.15, 0.2) is 11.6 Å². The minimum Gasteiger partial charge on any atom is -0.488 e. The first-order chi connectivity index (χ1) is 7.67. The van der Waals surface area contributed by atoms with Crippen molar-refractivity contribution in [3.8, 4) is 5.75 Å². The Bertz CT molecular complexity index is 329. The van der Waals surface area contributed by atoms with Gasteiger partial charge >= 0.3 is 0 Å². The van der Waals surface area contributed by atoms with Crippen LogP contribution in [0.1, 0.15) is 13.8 Å². The van der Waals surface area contributed by atoms with Crippen molar-refractivity contribution in [1.29, 1.82) is 0 Å². The van der Waals surface area contributed by atoms with E-state index in [1.165, 1.54) is 0 Å². The first kappa shape index (κ1) is 13.3. The average molecular weight is 288 g/mol. The molecular formula is C11H18BrN3O. The highest BCUT2D eigenvalue weighted by atomic mass is 79.9. The number of halogens is 1. The van der Waals surface area contributed by atoms with Crippen LogP contribution in [0.2, 0.25) is 0 Å². The molecule has 0 aliphatic rings. The normalized spacial score (nSPS) is 10.8. The van der Waals surface area contributed by atoms with E-state index in [-0.39, 0.29) is 0 Å². The van der Waals surface area contributed by atoms with E-state index >= 15 is 0 Å². The molecule has 0 radical (unpaired) electrons. The SMILES string of the molecule is CCN(CC)CCOc1cc(Br)cnc1N. The van der Waals surface area contributed by atoms with E-state index in [0.717, 1.165) is 24.1 Å². The van der Waals surface area contributed by atoms with E-state index in [1.54, 1.807) is 6.20 Å². The van der Waals surface area contributed by atoms with Gasteiger partial charge in [-0.15, -0.1) is 0 Å². The summed E-state index contributed by atoms with van der Waals surface area (Å²) in [5.74, 6) is 1.07. The summed E-state index contributed by atoms with van der Waals surface area (Å²) in [6.07, 6.45) is 1.66. The van der Waals surface area contributed by atoms with E-state index in [9.17, 15) is 0 Å². The van der Waals surface area contributed by atoms with Gasteiger partial charge in [0.05, 0.1) is 0 Å². The lowest BCUT2D eigenvalue weighted by atomic mass is 10.4. The van der Waals surface area contributed by atoms with Crippen LogP contribution in [-0.4, -0.2) is 36.1 Å². The second kappa shape index (κ2) is 6.70. The molecule has 0 fully saturated rings. The maximum atomic E-state index is 5.70. The molecule has 0 aliphatic heterocycles. The number of hydrogen-bond donors (Lipinski definition) is 1. The Morgan fingerprint density at radius 2 is 2.12 bits per heavy atom. The quantitative estimate of drug-likeness (QED) is 0.871. The maximum absolute atomic E-state index is 5.70. The Hall–Kier alpha value is -0.810. The van der Waals surface area contributed by atoms with Crippen LogP contribution in [0.15, 0.2) is 16.7 Å². The summed E-state index contributed by atoms with van der Waals surface area (Å²) < 4.78 is 6.47. The maximum Gasteiger partial charge on any atom is 0.166 e. The molecule has 0 amide bonds. The number of nitrogens with two attached hydrogens (primary N) is 1. The zero-order valence-electron chi connectivity index (χ0n) is 9.74. The van der Waals surface area contributed by atoms with Crippen molar-refractivity contribution < 1.29 is 4.74 Å². The molecule has 1 aromatic rings. The Balaban J connectivity index is 2.45. The largest absolute Gasteiger partial charge is 0.488 e. The van der Waals surface area contributed by atoms with Crippen LogP contribution in [0, 0.1) is 0 Å². The number of anilines is 1. The molecule has 0 atom stereocenters. The molecular weight excluding hydrogens is 270 g/mol. The summed E-state index contributed by atoms with van der Waals surface area (Å²) in [6.45, 7) is 7.87. The summed E-state index contributed by atoms with van der Waals surface area (Å²) in [7, 11) is 0. The Labute approximate surface area is 105 Å². The second-order valence-corrected chi connectivity index (χ2v) is 4.33. The Morgan fingerprint density at radius 3 is 2.75 bits per heavy atom. The Kier molecular flexibility index (Phi) is 5.55. The monoisotopic (exact) mass is 287 g/mol. The van der Waals surface area contributed by atoms with E-state index in [0.29, 0.717) is 18.2 Å². The molecule has 1 rings (SSSR count). The molecule has 5 heteroatoms. The lowest BCUT2D eigenvalue weighted by Crippen LogP contribution is -2.28. The van der Waals surface area contributed by atoms with Gasteiger partial charge in [0, 0.05) is 17.2 Å². The predicted octanol–water partition coefficient (Wildman–Crippen LogP) is 2.15. The number of aromatic nitrogens is 1. The zero-order chi connectivity index (χ0) is 12.0. The standard InChI is InChI=1S/C11H18BrN3O/c1-3-15(4-2)5-6-16-10-7-9(12)8-14-11(10)13/h7-8H,3-6H2,1-2H3,(H2,13,14). The van der Waals surface area contributed by atoms with Crippen molar-refractivity contribution in [1.82, 2.24) is 9.88 Å². The van der Waals surface area contributed by atoms with Gasteiger partial charge in [0.1, 0.15) is 6.61 Å². The van der Waals surface area contributed by atoms with Crippen LogP contribution < -0.4 is 10.5 Å². The molecule has 90 valence electrons. The molecule has 16 heavy (non-hydrogen) atoms. The van der Waals surface area contributed by atoms with Crippen molar-refractivity contribution in [2.24, 2.45) is 0 Å². The number of likely N-dealkylation sites (N-methyl/N-ethyl adjacent to an activating group) is 1. The highest BCUT2D eigenvalue weighted by Crippen LogP contribution is 2.22. The van der Waals surface area contributed by atoms with E-state index < -0.39 is 0 Å².